The number of hydrogen-bond acceptors (Lipinski definition) is 4. The van der Waals surface area contributed by atoms with Crippen molar-refractivity contribution < 1.29 is 19.1 Å². The zero-order valence-electron chi connectivity index (χ0n) is 16.7. The maximum absolute atomic E-state index is 12.8. The van der Waals surface area contributed by atoms with Gasteiger partial charge < -0.3 is 19.7 Å². The first-order valence-corrected chi connectivity index (χ1v) is 9.38. The number of aryl methyl sites for hydroxylation is 1. The lowest BCUT2D eigenvalue weighted by atomic mass is 9.93. The average molecular weight is 382 g/mol. The van der Waals surface area contributed by atoms with Crippen molar-refractivity contribution in [2.75, 3.05) is 30.0 Å². The van der Waals surface area contributed by atoms with Crippen molar-refractivity contribution >= 4 is 23.2 Å². The van der Waals surface area contributed by atoms with Crippen molar-refractivity contribution in [3.05, 3.63) is 48.0 Å². The van der Waals surface area contributed by atoms with Gasteiger partial charge in [-0.25, -0.2) is 0 Å². The molecule has 6 heteroatoms. The zero-order valence-corrected chi connectivity index (χ0v) is 16.7. The van der Waals surface area contributed by atoms with E-state index in [1.165, 1.54) is 0 Å². The van der Waals surface area contributed by atoms with E-state index in [1.807, 2.05) is 52.0 Å². The number of carbonyl (C=O) groups is 2. The molecule has 0 saturated heterocycles. The molecule has 0 aromatic heterocycles. The molecule has 0 bridgehead atoms. The fourth-order valence-electron chi connectivity index (χ4n) is 3.09. The predicted octanol–water partition coefficient (Wildman–Crippen LogP) is 3.78. The van der Waals surface area contributed by atoms with Crippen LogP contribution in [0.15, 0.2) is 42.5 Å². The molecule has 28 heavy (non-hydrogen) atoms. The van der Waals surface area contributed by atoms with Crippen molar-refractivity contribution in [1.29, 1.82) is 0 Å². The van der Waals surface area contributed by atoms with Gasteiger partial charge in [0.05, 0.1) is 11.1 Å². The number of fused-ring (bicyclic) bond motifs is 1. The molecule has 2 aromatic carbocycles. The van der Waals surface area contributed by atoms with E-state index in [9.17, 15) is 9.59 Å². The Balaban J connectivity index is 1.72. The van der Waals surface area contributed by atoms with Gasteiger partial charge in [0.25, 0.3) is 5.91 Å². The van der Waals surface area contributed by atoms with Crippen LogP contribution in [-0.2, 0) is 9.59 Å². The quantitative estimate of drug-likeness (QED) is 0.854. The molecule has 148 valence electrons. The lowest BCUT2D eigenvalue weighted by Crippen LogP contribution is -2.42. The number of anilines is 2. The summed E-state index contributed by atoms with van der Waals surface area (Å²) in [6, 6.07) is 12.8. The highest BCUT2D eigenvalue weighted by Crippen LogP contribution is 2.38. The normalized spacial score (nSPS) is 15.3. The molecule has 0 saturated carbocycles. The number of nitrogens with zero attached hydrogens (tertiary/aromatic N) is 1. The highest BCUT2D eigenvalue weighted by Gasteiger charge is 2.37. The maximum Gasteiger partial charge on any atom is 0.262 e. The van der Waals surface area contributed by atoms with E-state index in [0.717, 1.165) is 5.56 Å². The molecule has 1 heterocycles. The smallest absolute Gasteiger partial charge is 0.262 e. The molecule has 6 nitrogen and oxygen atoms in total. The predicted molar refractivity (Wildman–Crippen MR) is 109 cm³/mol. The Bertz CT molecular complexity index is 892. The molecule has 1 aliphatic rings. The van der Waals surface area contributed by atoms with Crippen LogP contribution < -0.4 is 19.7 Å². The summed E-state index contributed by atoms with van der Waals surface area (Å²) in [6.07, 6.45) is 0. The van der Waals surface area contributed by atoms with E-state index in [0.29, 0.717) is 36.0 Å². The third-order valence-corrected chi connectivity index (χ3v) is 4.62. The van der Waals surface area contributed by atoms with Gasteiger partial charge in [0, 0.05) is 12.2 Å². The van der Waals surface area contributed by atoms with Crippen LogP contribution in [0.1, 0.15) is 26.3 Å². The summed E-state index contributed by atoms with van der Waals surface area (Å²) in [4.78, 5) is 26.8. The third kappa shape index (κ3) is 4.27. The van der Waals surface area contributed by atoms with Gasteiger partial charge in [-0.2, -0.15) is 0 Å². The van der Waals surface area contributed by atoms with Crippen LogP contribution in [-0.4, -0.2) is 31.6 Å². The van der Waals surface area contributed by atoms with Crippen LogP contribution in [0.5, 0.6) is 11.5 Å². The molecule has 2 aromatic rings. The minimum Gasteiger partial charge on any atom is -0.490 e. The number of nitrogens with one attached hydrogen (secondary N) is 1. The number of carbonyl (C=O) groups excluding carboxylic acids is 2. The first-order valence-electron chi connectivity index (χ1n) is 9.38. The van der Waals surface area contributed by atoms with Gasteiger partial charge in [-0.05, 0) is 63.6 Å². The second kappa shape index (κ2) is 7.92. The molecular weight excluding hydrogens is 356 g/mol. The first kappa shape index (κ1) is 19.7. The second-order valence-corrected chi connectivity index (χ2v) is 7.56. The SMILES string of the molecule is CCN1C(=O)C(C)(C)COc2ccc(NC(=O)COc3cccc(C)c3)cc21. The Hall–Kier alpha value is -3.02. The summed E-state index contributed by atoms with van der Waals surface area (Å²) < 4.78 is 11.4. The second-order valence-electron chi connectivity index (χ2n) is 7.56. The minimum absolute atomic E-state index is 0.00000675. The third-order valence-electron chi connectivity index (χ3n) is 4.62. The molecule has 0 unspecified atom stereocenters. The molecule has 1 aliphatic heterocycles. The van der Waals surface area contributed by atoms with Gasteiger partial charge in [0.1, 0.15) is 18.1 Å². The minimum atomic E-state index is -0.611. The van der Waals surface area contributed by atoms with E-state index in [1.54, 1.807) is 23.1 Å². The average Bonchev–Trinajstić information content (AvgIpc) is 2.75. The molecule has 0 fully saturated rings. The molecule has 0 radical (unpaired) electrons. The van der Waals surface area contributed by atoms with E-state index in [4.69, 9.17) is 9.47 Å². The molecule has 1 N–H and O–H groups in total. The standard InChI is InChI=1S/C22H26N2O4/c1-5-24-18-12-16(9-10-19(18)28-14-22(3,4)21(24)26)23-20(25)13-27-17-8-6-7-15(2)11-17/h6-12H,5,13-14H2,1-4H3,(H,23,25). The van der Waals surface area contributed by atoms with Gasteiger partial charge in [0.2, 0.25) is 5.91 Å². The number of amides is 2. The summed E-state index contributed by atoms with van der Waals surface area (Å²) in [5.41, 5.74) is 1.71. The van der Waals surface area contributed by atoms with E-state index < -0.39 is 5.41 Å². The van der Waals surface area contributed by atoms with Crippen LogP contribution in [0, 0.1) is 12.3 Å². The fraction of sp³-hybridized carbons (Fsp3) is 0.364. The van der Waals surface area contributed by atoms with Gasteiger partial charge in [-0.1, -0.05) is 12.1 Å². The Kier molecular flexibility index (Phi) is 5.58. The van der Waals surface area contributed by atoms with Crippen LogP contribution in [0.2, 0.25) is 0 Å². The topological polar surface area (TPSA) is 67.9 Å². The van der Waals surface area contributed by atoms with Crippen LogP contribution in [0.4, 0.5) is 11.4 Å². The Morgan fingerprint density at radius 3 is 2.75 bits per heavy atom. The molecule has 0 aliphatic carbocycles. The fourth-order valence-corrected chi connectivity index (χ4v) is 3.09. The number of hydrogen-bond donors (Lipinski definition) is 1. The Labute approximate surface area is 165 Å². The summed E-state index contributed by atoms with van der Waals surface area (Å²) in [6.45, 7) is 8.36. The summed E-state index contributed by atoms with van der Waals surface area (Å²) in [5, 5.41) is 2.82. The zero-order chi connectivity index (χ0) is 20.3. The Morgan fingerprint density at radius 2 is 2.04 bits per heavy atom. The highest BCUT2D eigenvalue weighted by molar-refractivity contribution is 6.00. The van der Waals surface area contributed by atoms with Crippen molar-refractivity contribution in [3.63, 3.8) is 0 Å². The van der Waals surface area contributed by atoms with Gasteiger partial charge in [-0.15, -0.1) is 0 Å². The van der Waals surface area contributed by atoms with E-state index in [2.05, 4.69) is 5.32 Å². The van der Waals surface area contributed by atoms with Crippen molar-refractivity contribution in [3.8, 4) is 11.5 Å². The van der Waals surface area contributed by atoms with Gasteiger partial charge in [0.15, 0.2) is 6.61 Å². The van der Waals surface area contributed by atoms with Crippen molar-refractivity contribution in [2.45, 2.75) is 27.7 Å². The molecule has 0 spiro atoms. The number of rotatable bonds is 5. The van der Waals surface area contributed by atoms with Gasteiger partial charge in [-0.3, -0.25) is 9.59 Å². The van der Waals surface area contributed by atoms with Gasteiger partial charge >= 0.3 is 0 Å². The summed E-state index contributed by atoms with van der Waals surface area (Å²) in [7, 11) is 0. The summed E-state index contributed by atoms with van der Waals surface area (Å²) in [5.74, 6) is 1.01. The van der Waals surface area contributed by atoms with Crippen molar-refractivity contribution in [1.82, 2.24) is 0 Å². The highest BCUT2D eigenvalue weighted by atomic mass is 16.5. The summed E-state index contributed by atoms with van der Waals surface area (Å²) >= 11 is 0. The molecule has 2 amide bonds. The molecule has 0 atom stereocenters. The van der Waals surface area contributed by atoms with Crippen LogP contribution in [0.3, 0.4) is 0 Å². The van der Waals surface area contributed by atoms with E-state index >= 15 is 0 Å². The largest absolute Gasteiger partial charge is 0.490 e. The van der Waals surface area contributed by atoms with Crippen LogP contribution in [0.25, 0.3) is 0 Å². The maximum atomic E-state index is 12.8. The molecular formula is C22H26N2O4. The number of benzene rings is 2. The number of ether oxygens (including phenoxy) is 2. The lowest BCUT2D eigenvalue weighted by molar-refractivity contribution is -0.127. The first-order chi connectivity index (χ1) is 13.3. The van der Waals surface area contributed by atoms with E-state index in [-0.39, 0.29) is 18.4 Å². The molecule has 3 rings (SSSR count). The van der Waals surface area contributed by atoms with Crippen LogP contribution >= 0.6 is 0 Å². The van der Waals surface area contributed by atoms with Crippen molar-refractivity contribution in [2.24, 2.45) is 5.41 Å². The Morgan fingerprint density at radius 1 is 1.25 bits per heavy atom. The monoisotopic (exact) mass is 382 g/mol. The lowest BCUT2D eigenvalue weighted by Gasteiger charge is -2.27.